The molecule has 10 aromatic rings. The summed E-state index contributed by atoms with van der Waals surface area (Å²) in [5.41, 5.74) is 12.6. The Bertz CT molecular complexity index is 3140. The Hall–Kier alpha value is -7.66. The smallest absolute Gasteiger partial charge is 0.192 e. The fraction of sp³-hybridized carbons (Fsp3) is 0. The highest BCUT2D eigenvalue weighted by atomic mass is 15.0. The Morgan fingerprint density at radius 1 is 0.370 bits per heavy atom. The Kier molecular flexibility index (Phi) is 7.22. The molecule has 0 radical (unpaired) electrons. The van der Waals surface area contributed by atoms with E-state index in [2.05, 4.69) is 134 Å². The van der Waals surface area contributed by atoms with Crippen LogP contribution in [0.4, 0.5) is 11.4 Å². The molecular weight excluding hydrogens is 657 g/mol. The molecule has 0 bridgehead atoms. The van der Waals surface area contributed by atoms with Crippen molar-refractivity contribution in [3.63, 3.8) is 0 Å². The van der Waals surface area contributed by atoms with Gasteiger partial charge in [-0.05, 0) is 75.8 Å². The second-order valence-electron chi connectivity index (χ2n) is 13.4. The maximum atomic E-state index is 8.55. The zero-order valence-electron chi connectivity index (χ0n) is 29.1. The van der Waals surface area contributed by atoms with E-state index in [1.165, 1.54) is 10.8 Å². The first-order valence-corrected chi connectivity index (χ1v) is 17.9. The van der Waals surface area contributed by atoms with Crippen molar-refractivity contribution >= 4 is 55.0 Å². The molecule has 0 unspecified atom stereocenters. The Morgan fingerprint density at radius 2 is 0.907 bits per heavy atom. The van der Waals surface area contributed by atoms with E-state index in [4.69, 9.17) is 13.1 Å². The molecule has 0 aliphatic heterocycles. The van der Waals surface area contributed by atoms with Gasteiger partial charge in [-0.2, -0.15) is 0 Å². The molecule has 0 aliphatic rings. The van der Waals surface area contributed by atoms with Crippen molar-refractivity contribution in [1.82, 2.24) is 9.13 Å². The molecular formula is C50H30N4. The van der Waals surface area contributed by atoms with Gasteiger partial charge >= 0.3 is 0 Å². The predicted octanol–water partition coefficient (Wildman–Crippen LogP) is 14.0. The van der Waals surface area contributed by atoms with Crippen LogP contribution in [0.25, 0.3) is 98.1 Å². The van der Waals surface area contributed by atoms with E-state index in [-0.39, 0.29) is 0 Å². The van der Waals surface area contributed by atoms with Crippen molar-refractivity contribution in [3.8, 4) is 44.8 Å². The largest absolute Gasteiger partial charge is 0.309 e. The van der Waals surface area contributed by atoms with Gasteiger partial charge in [0.25, 0.3) is 0 Å². The maximum Gasteiger partial charge on any atom is 0.192 e. The van der Waals surface area contributed by atoms with Crippen LogP contribution in [0.15, 0.2) is 182 Å². The molecule has 54 heavy (non-hydrogen) atoms. The number of benzene rings is 8. The van der Waals surface area contributed by atoms with E-state index >= 15 is 0 Å². The molecule has 2 heterocycles. The number of fused-ring (bicyclic) bond motifs is 7. The number of nitrogens with zero attached hydrogens (tertiary/aromatic N) is 4. The lowest BCUT2D eigenvalue weighted by molar-refractivity contribution is 1.17. The molecule has 8 aromatic carbocycles. The van der Waals surface area contributed by atoms with Crippen molar-refractivity contribution in [2.45, 2.75) is 0 Å². The molecule has 0 saturated carbocycles. The zero-order valence-corrected chi connectivity index (χ0v) is 29.1. The van der Waals surface area contributed by atoms with Crippen molar-refractivity contribution in [3.05, 3.63) is 205 Å². The summed E-state index contributed by atoms with van der Waals surface area (Å²) in [5.74, 6) is 0. The average molecular weight is 687 g/mol. The third-order valence-corrected chi connectivity index (χ3v) is 10.5. The Balaban J connectivity index is 1.34. The summed E-state index contributed by atoms with van der Waals surface area (Å²) >= 11 is 0. The van der Waals surface area contributed by atoms with Gasteiger partial charge in [0.1, 0.15) is 0 Å². The van der Waals surface area contributed by atoms with E-state index in [1.54, 1.807) is 0 Å². The lowest BCUT2D eigenvalue weighted by Gasteiger charge is -2.18. The van der Waals surface area contributed by atoms with E-state index in [0.29, 0.717) is 16.9 Å². The first-order chi connectivity index (χ1) is 26.7. The second-order valence-corrected chi connectivity index (χ2v) is 13.4. The molecule has 0 amide bonds. The van der Waals surface area contributed by atoms with Crippen molar-refractivity contribution in [1.29, 1.82) is 0 Å². The standard InChI is InChI=1S/C50H30N4/c1-51-48-41(33-17-7-3-8-18-33)32-42(49(52-2)46(48)34-19-9-4-10-20-34)35-27-28-38-39-29-30-44-47(50(39)54(45(38)31-35)37-23-13-6-14-24-37)40-25-15-16-26-43(40)53(44)36-21-11-5-12-22-36/h3-32H. The number of rotatable bonds is 5. The van der Waals surface area contributed by atoms with Crippen LogP contribution in [0.2, 0.25) is 0 Å². The summed E-state index contributed by atoms with van der Waals surface area (Å²) in [7, 11) is 0. The summed E-state index contributed by atoms with van der Waals surface area (Å²) < 4.78 is 4.75. The SMILES string of the molecule is [C-]#[N+]c1c(-c2ccccc2)cc(-c2ccc3c4ccc5c(c6ccccc6n5-c5ccccc5)c4n(-c4ccccc4)c3c2)c([N+]#[C-])c1-c1ccccc1. The van der Waals surface area contributed by atoms with Gasteiger partial charge in [-0.1, -0.05) is 140 Å². The number of aromatic nitrogens is 2. The van der Waals surface area contributed by atoms with Crippen molar-refractivity contribution in [2.75, 3.05) is 0 Å². The second kappa shape index (κ2) is 12.5. The third kappa shape index (κ3) is 4.68. The van der Waals surface area contributed by atoms with Gasteiger partial charge in [-0.25, -0.2) is 9.69 Å². The minimum absolute atomic E-state index is 0.474. The molecule has 250 valence electrons. The highest BCUT2D eigenvalue weighted by Crippen LogP contribution is 2.51. The summed E-state index contributed by atoms with van der Waals surface area (Å²) in [6.45, 7) is 16.9. The quantitative estimate of drug-likeness (QED) is 0.161. The summed E-state index contributed by atoms with van der Waals surface area (Å²) in [6, 6.07) is 62.8. The van der Waals surface area contributed by atoms with Gasteiger partial charge in [0, 0.05) is 32.9 Å². The van der Waals surface area contributed by atoms with Gasteiger partial charge < -0.3 is 9.13 Å². The fourth-order valence-corrected chi connectivity index (χ4v) is 8.26. The van der Waals surface area contributed by atoms with Gasteiger partial charge in [-0.15, -0.1) is 0 Å². The fourth-order valence-electron chi connectivity index (χ4n) is 8.26. The summed E-state index contributed by atoms with van der Waals surface area (Å²) in [6.07, 6.45) is 0. The van der Waals surface area contributed by atoms with Crippen LogP contribution >= 0.6 is 0 Å². The van der Waals surface area contributed by atoms with E-state index < -0.39 is 0 Å². The number of hydrogen-bond donors (Lipinski definition) is 0. The number of hydrogen-bond acceptors (Lipinski definition) is 0. The molecule has 4 heteroatoms. The van der Waals surface area contributed by atoms with Gasteiger partial charge in [0.2, 0.25) is 0 Å². The molecule has 0 saturated heterocycles. The highest BCUT2D eigenvalue weighted by molar-refractivity contribution is 6.26. The van der Waals surface area contributed by atoms with Crippen molar-refractivity contribution in [2.24, 2.45) is 0 Å². The molecule has 2 aromatic heterocycles. The zero-order chi connectivity index (χ0) is 36.2. The van der Waals surface area contributed by atoms with Crippen LogP contribution in [0, 0.1) is 13.1 Å². The van der Waals surface area contributed by atoms with Crippen LogP contribution in [-0.2, 0) is 0 Å². The first-order valence-electron chi connectivity index (χ1n) is 17.9. The maximum absolute atomic E-state index is 8.55. The molecule has 4 nitrogen and oxygen atoms in total. The van der Waals surface area contributed by atoms with E-state index in [1.807, 2.05) is 66.7 Å². The Labute approximate surface area is 312 Å². The summed E-state index contributed by atoms with van der Waals surface area (Å²) in [5, 5.41) is 4.67. The Morgan fingerprint density at radius 3 is 1.56 bits per heavy atom. The monoisotopic (exact) mass is 686 g/mol. The van der Waals surface area contributed by atoms with Crippen LogP contribution < -0.4 is 0 Å². The normalized spacial score (nSPS) is 11.3. The van der Waals surface area contributed by atoms with E-state index in [9.17, 15) is 0 Å². The van der Waals surface area contributed by atoms with Gasteiger partial charge in [0.05, 0.1) is 35.2 Å². The third-order valence-electron chi connectivity index (χ3n) is 10.5. The van der Waals surface area contributed by atoms with Gasteiger partial charge in [0.15, 0.2) is 11.4 Å². The minimum atomic E-state index is 0.474. The van der Waals surface area contributed by atoms with Crippen LogP contribution in [0.1, 0.15) is 0 Å². The molecule has 10 rings (SSSR count). The number of para-hydroxylation sites is 3. The van der Waals surface area contributed by atoms with E-state index in [0.717, 1.165) is 72.0 Å². The van der Waals surface area contributed by atoms with Gasteiger partial charge in [-0.3, -0.25) is 0 Å². The molecule has 0 aliphatic carbocycles. The predicted molar refractivity (Wildman–Crippen MR) is 224 cm³/mol. The molecule has 0 N–H and O–H groups in total. The average Bonchev–Trinajstić information content (AvgIpc) is 3.76. The highest BCUT2D eigenvalue weighted by Gasteiger charge is 2.24. The van der Waals surface area contributed by atoms with Crippen LogP contribution in [-0.4, -0.2) is 9.13 Å². The lowest BCUT2D eigenvalue weighted by atomic mass is 9.89. The lowest BCUT2D eigenvalue weighted by Crippen LogP contribution is -1.95. The minimum Gasteiger partial charge on any atom is -0.309 e. The molecule has 0 spiro atoms. The molecule has 0 fully saturated rings. The first kappa shape index (κ1) is 31.1. The summed E-state index contributed by atoms with van der Waals surface area (Å²) in [4.78, 5) is 8.25. The topological polar surface area (TPSA) is 18.6 Å². The van der Waals surface area contributed by atoms with Crippen LogP contribution in [0.3, 0.4) is 0 Å². The molecule has 0 atom stereocenters. The van der Waals surface area contributed by atoms with Crippen LogP contribution in [0.5, 0.6) is 0 Å². The van der Waals surface area contributed by atoms with Crippen molar-refractivity contribution < 1.29 is 0 Å².